The third kappa shape index (κ3) is 3.14. The largest absolute Gasteiger partial charge is 0.469 e. The van der Waals surface area contributed by atoms with Gasteiger partial charge in [0.1, 0.15) is 0 Å². The standard InChI is InChI=1S/C16H23NO2/c1-12-7-9-16(10-8-12,15(18)19-3)11-14-6-4-5-13(2)17-14/h4-6,12H,7-11H2,1-3H3. The second-order valence-corrected chi connectivity index (χ2v) is 5.90. The minimum absolute atomic E-state index is 0.0669. The highest BCUT2D eigenvalue weighted by atomic mass is 16.5. The molecule has 0 amide bonds. The van der Waals surface area contributed by atoms with Crippen LogP contribution >= 0.6 is 0 Å². The molecule has 0 bridgehead atoms. The van der Waals surface area contributed by atoms with E-state index in [0.29, 0.717) is 12.3 Å². The van der Waals surface area contributed by atoms with Gasteiger partial charge >= 0.3 is 5.97 Å². The first-order valence-electron chi connectivity index (χ1n) is 7.07. The second-order valence-electron chi connectivity index (χ2n) is 5.90. The average molecular weight is 261 g/mol. The van der Waals surface area contributed by atoms with Crippen LogP contribution in [-0.2, 0) is 16.0 Å². The minimum atomic E-state index is -0.359. The Morgan fingerprint density at radius 1 is 1.42 bits per heavy atom. The summed E-state index contributed by atoms with van der Waals surface area (Å²) in [5.74, 6) is 0.644. The van der Waals surface area contributed by atoms with Crippen LogP contribution in [0.4, 0.5) is 0 Å². The van der Waals surface area contributed by atoms with Crippen LogP contribution in [0.5, 0.6) is 0 Å². The molecule has 1 heterocycles. The molecule has 0 aromatic carbocycles. The summed E-state index contributed by atoms with van der Waals surface area (Å²) in [7, 11) is 1.49. The first kappa shape index (κ1) is 14.0. The normalized spacial score (nSPS) is 27.0. The Kier molecular flexibility index (Phi) is 4.23. The van der Waals surface area contributed by atoms with E-state index in [1.807, 2.05) is 25.1 Å². The molecule has 0 atom stereocenters. The van der Waals surface area contributed by atoms with Crippen LogP contribution in [0, 0.1) is 18.3 Å². The van der Waals surface area contributed by atoms with E-state index in [2.05, 4.69) is 11.9 Å². The van der Waals surface area contributed by atoms with Crippen molar-refractivity contribution in [2.24, 2.45) is 11.3 Å². The number of pyridine rings is 1. The highest BCUT2D eigenvalue weighted by Crippen LogP contribution is 2.42. The lowest BCUT2D eigenvalue weighted by atomic mass is 9.68. The zero-order valence-electron chi connectivity index (χ0n) is 12.1. The molecule has 1 aromatic heterocycles. The van der Waals surface area contributed by atoms with Gasteiger partial charge in [-0.3, -0.25) is 9.78 Å². The number of esters is 1. The van der Waals surface area contributed by atoms with Crippen molar-refractivity contribution < 1.29 is 9.53 Å². The fraction of sp³-hybridized carbons (Fsp3) is 0.625. The number of methoxy groups -OCH3 is 1. The highest BCUT2D eigenvalue weighted by molar-refractivity contribution is 5.77. The third-order valence-corrected chi connectivity index (χ3v) is 4.32. The zero-order chi connectivity index (χ0) is 13.9. The van der Waals surface area contributed by atoms with Gasteiger partial charge in [-0.15, -0.1) is 0 Å². The fourth-order valence-electron chi connectivity index (χ4n) is 3.03. The Morgan fingerprint density at radius 2 is 2.11 bits per heavy atom. The maximum atomic E-state index is 12.2. The molecule has 1 aromatic rings. The third-order valence-electron chi connectivity index (χ3n) is 4.32. The number of carbonyl (C=O) groups is 1. The van der Waals surface area contributed by atoms with Crippen molar-refractivity contribution in [2.75, 3.05) is 7.11 Å². The van der Waals surface area contributed by atoms with Crippen molar-refractivity contribution in [1.82, 2.24) is 4.98 Å². The van der Waals surface area contributed by atoms with E-state index in [1.165, 1.54) is 7.11 Å². The lowest BCUT2D eigenvalue weighted by Gasteiger charge is -2.36. The Balaban J connectivity index is 2.21. The SMILES string of the molecule is COC(=O)C1(Cc2cccc(C)n2)CCC(C)CC1. The lowest BCUT2D eigenvalue weighted by Crippen LogP contribution is -2.38. The number of carbonyl (C=O) groups excluding carboxylic acids is 1. The van der Waals surface area contributed by atoms with E-state index in [0.717, 1.165) is 37.1 Å². The smallest absolute Gasteiger partial charge is 0.312 e. The molecule has 2 rings (SSSR count). The monoisotopic (exact) mass is 261 g/mol. The topological polar surface area (TPSA) is 39.2 Å². The minimum Gasteiger partial charge on any atom is -0.469 e. The number of aryl methyl sites for hydroxylation is 1. The van der Waals surface area contributed by atoms with E-state index in [4.69, 9.17) is 4.74 Å². The Labute approximate surface area is 115 Å². The molecule has 3 nitrogen and oxygen atoms in total. The number of rotatable bonds is 3. The Morgan fingerprint density at radius 3 is 2.68 bits per heavy atom. The molecule has 3 heteroatoms. The molecule has 0 N–H and O–H groups in total. The van der Waals surface area contributed by atoms with Crippen LogP contribution in [0.15, 0.2) is 18.2 Å². The van der Waals surface area contributed by atoms with Crippen LogP contribution < -0.4 is 0 Å². The van der Waals surface area contributed by atoms with Gasteiger partial charge in [-0.25, -0.2) is 0 Å². The first-order valence-corrected chi connectivity index (χ1v) is 7.07. The fourth-order valence-corrected chi connectivity index (χ4v) is 3.03. The van der Waals surface area contributed by atoms with E-state index < -0.39 is 0 Å². The predicted molar refractivity (Wildman–Crippen MR) is 74.8 cm³/mol. The van der Waals surface area contributed by atoms with Gasteiger partial charge in [-0.05, 0) is 50.7 Å². The summed E-state index contributed by atoms with van der Waals surface area (Å²) in [5, 5.41) is 0. The summed E-state index contributed by atoms with van der Waals surface area (Å²) < 4.78 is 5.06. The van der Waals surface area contributed by atoms with Gasteiger partial charge in [0.05, 0.1) is 12.5 Å². The highest BCUT2D eigenvalue weighted by Gasteiger charge is 2.42. The lowest BCUT2D eigenvalue weighted by molar-refractivity contribution is -0.155. The Bertz CT molecular complexity index is 448. The Hall–Kier alpha value is -1.38. The number of ether oxygens (including phenoxy) is 1. The molecule has 19 heavy (non-hydrogen) atoms. The summed E-state index contributed by atoms with van der Waals surface area (Å²) in [6.45, 7) is 4.24. The summed E-state index contributed by atoms with van der Waals surface area (Å²) in [6, 6.07) is 6.00. The van der Waals surface area contributed by atoms with Crippen LogP contribution in [0.25, 0.3) is 0 Å². The van der Waals surface area contributed by atoms with Gasteiger partial charge in [0.2, 0.25) is 0 Å². The molecule has 0 spiro atoms. The molecule has 0 saturated heterocycles. The van der Waals surface area contributed by atoms with Crippen molar-refractivity contribution >= 4 is 5.97 Å². The van der Waals surface area contributed by atoms with Gasteiger partial charge in [0, 0.05) is 17.8 Å². The van der Waals surface area contributed by atoms with E-state index in [1.54, 1.807) is 0 Å². The van der Waals surface area contributed by atoms with E-state index in [9.17, 15) is 4.79 Å². The van der Waals surface area contributed by atoms with Crippen LogP contribution in [-0.4, -0.2) is 18.1 Å². The maximum absolute atomic E-state index is 12.2. The van der Waals surface area contributed by atoms with E-state index in [-0.39, 0.29) is 11.4 Å². The van der Waals surface area contributed by atoms with Gasteiger partial charge in [-0.1, -0.05) is 13.0 Å². The van der Waals surface area contributed by atoms with E-state index >= 15 is 0 Å². The van der Waals surface area contributed by atoms with Crippen molar-refractivity contribution in [3.8, 4) is 0 Å². The molecule has 0 aliphatic heterocycles. The number of nitrogens with zero attached hydrogens (tertiary/aromatic N) is 1. The molecule has 0 radical (unpaired) electrons. The second kappa shape index (κ2) is 5.72. The van der Waals surface area contributed by atoms with Crippen LogP contribution in [0.3, 0.4) is 0 Å². The van der Waals surface area contributed by atoms with Crippen molar-refractivity contribution in [3.63, 3.8) is 0 Å². The molecule has 104 valence electrons. The molecule has 1 fully saturated rings. The molecule has 1 aliphatic carbocycles. The number of hydrogen-bond acceptors (Lipinski definition) is 3. The van der Waals surface area contributed by atoms with Gasteiger partial charge in [0.15, 0.2) is 0 Å². The van der Waals surface area contributed by atoms with Gasteiger partial charge in [-0.2, -0.15) is 0 Å². The van der Waals surface area contributed by atoms with Crippen LogP contribution in [0.1, 0.15) is 44.0 Å². The molecule has 1 aliphatic rings. The maximum Gasteiger partial charge on any atom is 0.312 e. The summed E-state index contributed by atoms with van der Waals surface area (Å²) >= 11 is 0. The zero-order valence-corrected chi connectivity index (χ0v) is 12.1. The summed E-state index contributed by atoms with van der Waals surface area (Å²) in [4.78, 5) is 16.8. The average Bonchev–Trinajstić information content (AvgIpc) is 2.41. The van der Waals surface area contributed by atoms with Crippen molar-refractivity contribution in [3.05, 3.63) is 29.6 Å². The van der Waals surface area contributed by atoms with Crippen LogP contribution in [0.2, 0.25) is 0 Å². The quantitative estimate of drug-likeness (QED) is 0.784. The van der Waals surface area contributed by atoms with Crippen molar-refractivity contribution in [2.45, 2.75) is 46.0 Å². The summed E-state index contributed by atoms with van der Waals surface area (Å²) in [6.07, 6.45) is 4.73. The molecular weight excluding hydrogens is 238 g/mol. The number of aromatic nitrogens is 1. The first-order chi connectivity index (χ1) is 9.05. The van der Waals surface area contributed by atoms with Crippen molar-refractivity contribution in [1.29, 1.82) is 0 Å². The number of hydrogen-bond donors (Lipinski definition) is 0. The van der Waals surface area contributed by atoms with Gasteiger partial charge < -0.3 is 4.74 Å². The summed E-state index contributed by atoms with van der Waals surface area (Å²) in [5.41, 5.74) is 1.64. The molecule has 0 unspecified atom stereocenters. The predicted octanol–water partition coefficient (Wildman–Crippen LogP) is 3.30. The molecular formula is C16H23NO2. The molecule has 1 saturated carbocycles. The van der Waals surface area contributed by atoms with Gasteiger partial charge in [0.25, 0.3) is 0 Å².